The van der Waals surface area contributed by atoms with Gasteiger partial charge >= 0.3 is 6.18 Å². The number of hydrogen-bond acceptors (Lipinski definition) is 3. The SMILES string of the molecule is C=C(c1ccc(OCCCCC2CCN(C(=O)C(C(/C=C\CC)=C/C)C(F)(F)F)CC2)cc1Cl)N1CC(F)(F)C1. The molecule has 2 aliphatic rings. The highest BCUT2D eigenvalue weighted by atomic mass is 35.5. The first kappa shape index (κ1) is 32.0. The molecule has 0 bridgehead atoms. The number of piperidine rings is 1. The zero-order valence-electron chi connectivity index (χ0n) is 23.1. The maximum absolute atomic E-state index is 13.8. The molecule has 0 spiro atoms. The fourth-order valence-corrected chi connectivity index (χ4v) is 5.41. The van der Waals surface area contributed by atoms with Crippen molar-refractivity contribution in [1.82, 2.24) is 9.80 Å². The highest BCUT2D eigenvalue weighted by Gasteiger charge is 2.48. The molecule has 2 saturated heterocycles. The Hall–Kier alpha value is -2.55. The summed E-state index contributed by atoms with van der Waals surface area (Å²) in [6.07, 6.45) is 4.30. The molecule has 1 unspecified atom stereocenters. The summed E-state index contributed by atoms with van der Waals surface area (Å²) in [5.41, 5.74) is 1.04. The van der Waals surface area contributed by atoms with E-state index in [1.54, 1.807) is 24.3 Å². The molecule has 10 heteroatoms. The van der Waals surface area contributed by atoms with Gasteiger partial charge in [0.05, 0.1) is 24.7 Å². The van der Waals surface area contributed by atoms with Gasteiger partial charge in [-0.05, 0) is 68.7 Å². The molecular weight excluding hydrogens is 551 g/mol. The minimum Gasteiger partial charge on any atom is -0.494 e. The molecule has 1 atom stereocenters. The Morgan fingerprint density at radius 1 is 1.20 bits per heavy atom. The second kappa shape index (κ2) is 13.9. The van der Waals surface area contributed by atoms with E-state index in [4.69, 9.17) is 16.3 Å². The van der Waals surface area contributed by atoms with Crippen LogP contribution in [0.5, 0.6) is 5.75 Å². The number of likely N-dealkylation sites (tertiary alicyclic amines) is 2. The molecule has 40 heavy (non-hydrogen) atoms. The number of rotatable bonds is 12. The Bertz CT molecular complexity index is 1090. The van der Waals surface area contributed by atoms with Crippen molar-refractivity contribution in [1.29, 1.82) is 0 Å². The monoisotopic (exact) mass is 588 g/mol. The number of allylic oxidation sites excluding steroid dienone is 3. The molecule has 1 amide bonds. The molecule has 0 radical (unpaired) electrons. The zero-order chi connectivity index (χ0) is 29.5. The molecule has 2 aliphatic heterocycles. The fourth-order valence-electron chi connectivity index (χ4n) is 5.13. The number of alkyl halides is 5. The first-order valence-electron chi connectivity index (χ1n) is 13.8. The van der Waals surface area contributed by atoms with Crippen LogP contribution in [0, 0.1) is 11.8 Å². The molecule has 0 aromatic heterocycles. The van der Waals surface area contributed by atoms with Crippen molar-refractivity contribution in [3.63, 3.8) is 0 Å². The maximum atomic E-state index is 13.8. The minimum absolute atomic E-state index is 0.0110. The Labute approximate surface area is 238 Å². The van der Waals surface area contributed by atoms with Gasteiger partial charge in [0.15, 0.2) is 5.92 Å². The van der Waals surface area contributed by atoms with Crippen molar-refractivity contribution >= 4 is 23.2 Å². The number of carbonyl (C=O) groups excluding carboxylic acids is 1. The molecule has 3 rings (SSSR count). The van der Waals surface area contributed by atoms with Gasteiger partial charge in [0, 0.05) is 24.4 Å². The molecule has 0 N–H and O–H groups in total. The summed E-state index contributed by atoms with van der Waals surface area (Å²) in [5, 5.41) is 0.384. The number of halogens is 6. The van der Waals surface area contributed by atoms with Crippen molar-refractivity contribution in [2.24, 2.45) is 11.8 Å². The summed E-state index contributed by atoms with van der Waals surface area (Å²) in [6, 6.07) is 5.11. The van der Waals surface area contributed by atoms with Gasteiger partial charge in [0.1, 0.15) is 5.75 Å². The van der Waals surface area contributed by atoms with Crippen molar-refractivity contribution in [3.05, 3.63) is 59.2 Å². The zero-order valence-corrected chi connectivity index (χ0v) is 23.8. The second-order valence-corrected chi connectivity index (χ2v) is 10.9. The minimum atomic E-state index is -4.64. The lowest BCUT2D eigenvalue weighted by atomic mass is 9.89. The Kier molecular flexibility index (Phi) is 11.1. The van der Waals surface area contributed by atoms with Crippen LogP contribution in [0.2, 0.25) is 5.02 Å². The van der Waals surface area contributed by atoms with Crippen LogP contribution in [0.1, 0.15) is 57.9 Å². The summed E-state index contributed by atoms with van der Waals surface area (Å²) < 4.78 is 73.5. The van der Waals surface area contributed by atoms with Gasteiger partial charge < -0.3 is 14.5 Å². The first-order chi connectivity index (χ1) is 18.9. The van der Waals surface area contributed by atoms with Crippen LogP contribution in [0.3, 0.4) is 0 Å². The molecule has 1 aromatic carbocycles. The van der Waals surface area contributed by atoms with E-state index in [1.807, 2.05) is 6.92 Å². The molecule has 1 aromatic rings. The van der Waals surface area contributed by atoms with E-state index in [1.165, 1.54) is 28.9 Å². The van der Waals surface area contributed by atoms with E-state index in [-0.39, 0.29) is 18.7 Å². The van der Waals surface area contributed by atoms with Gasteiger partial charge in [-0.25, -0.2) is 8.78 Å². The average Bonchev–Trinajstić information content (AvgIpc) is 2.88. The van der Waals surface area contributed by atoms with E-state index in [0.717, 1.165) is 19.3 Å². The van der Waals surface area contributed by atoms with E-state index >= 15 is 0 Å². The van der Waals surface area contributed by atoms with Gasteiger partial charge in [-0.2, -0.15) is 13.2 Å². The third kappa shape index (κ3) is 8.48. The van der Waals surface area contributed by atoms with Gasteiger partial charge in [0.25, 0.3) is 5.92 Å². The highest BCUT2D eigenvalue weighted by Crippen LogP contribution is 2.37. The summed E-state index contributed by atoms with van der Waals surface area (Å²) in [7, 11) is 0. The number of hydrogen-bond donors (Lipinski definition) is 0. The summed E-state index contributed by atoms with van der Waals surface area (Å²) in [5.74, 6) is -4.76. The topological polar surface area (TPSA) is 32.8 Å². The second-order valence-electron chi connectivity index (χ2n) is 10.5. The predicted molar refractivity (Wildman–Crippen MR) is 148 cm³/mol. The normalized spacial score (nSPS) is 19.1. The number of ether oxygens (including phenoxy) is 1. The summed E-state index contributed by atoms with van der Waals surface area (Å²) in [6.45, 7) is 7.63. The van der Waals surface area contributed by atoms with Crippen molar-refractivity contribution in [2.45, 2.75) is 64.5 Å². The van der Waals surface area contributed by atoms with Gasteiger partial charge in [0.2, 0.25) is 5.91 Å². The molecule has 2 fully saturated rings. The first-order valence-corrected chi connectivity index (χ1v) is 14.2. The third-order valence-corrected chi connectivity index (χ3v) is 7.78. The van der Waals surface area contributed by atoms with Crippen LogP contribution in [0.4, 0.5) is 22.0 Å². The van der Waals surface area contributed by atoms with Crippen LogP contribution in [-0.4, -0.2) is 60.6 Å². The molecular formula is C30H38ClF5N2O2. The Balaban J connectivity index is 1.39. The standard InChI is InChI=1S/C30H38ClF5N2O2/c1-4-6-10-23(5-2)27(30(34,35)36)28(39)37-15-13-22(14-16-37)9-7-8-17-40-24-11-12-25(26(31)18-24)21(3)38-19-29(32,33)20-38/h5-6,10-12,18,22,27H,3-4,7-9,13-17,19-20H2,1-2H3/b10-6-,23-5+. The molecule has 222 valence electrons. The molecule has 4 nitrogen and oxygen atoms in total. The van der Waals surface area contributed by atoms with Crippen molar-refractivity contribution in [3.8, 4) is 5.75 Å². The van der Waals surface area contributed by atoms with Crippen LogP contribution in [0.15, 0.2) is 48.6 Å². The van der Waals surface area contributed by atoms with Gasteiger partial charge in [-0.1, -0.05) is 49.8 Å². The number of carbonyl (C=O) groups is 1. The van der Waals surface area contributed by atoms with Crippen LogP contribution >= 0.6 is 11.6 Å². The van der Waals surface area contributed by atoms with Gasteiger partial charge in [-0.15, -0.1) is 0 Å². The molecule has 2 heterocycles. The van der Waals surface area contributed by atoms with Crippen molar-refractivity contribution < 1.29 is 31.5 Å². The molecule has 0 saturated carbocycles. The van der Waals surface area contributed by atoms with E-state index < -0.39 is 23.9 Å². The van der Waals surface area contributed by atoms with E-state index in [2.05, 4.69) is 6.58 Å². The smallest absolute Gasteiger partial charge is 0.404 e. The largest absolute Gasteiger partial charge is 0.494 e. The number of amides is 1. The van der Waals surface area contributed by atoms with E-state index in [0.29, 0.717) is 66.9 Å². The fraction of sp³-hybridized carbons (Fsp3) is 0.567. The lowest BCUT2D eigenvalue weighted by molar-refractivity contribution is -0.181. The summed E-state index contributed by atoms with van der Waals surface area (Å²) in [4.78, 5) is 15.7. The number of benzene rings is 1. The third-order valence-electron chi connectivity index (χ3n) is 7.47. The van der Waals surface area contributed by atoms with Crippen molar-refractivity contribution in [2.75, 3.05) is 32.8 Å². The van der Waals surface area contributed by atoms with Crippen LogP contribution in [-0.2, 0) is 4.79 Å². The van der Waals surface area contributed by atoms with Crippen LogP contribution < -0.4 is 4.74 Å². The summed E-state index contributed by atoms with van der Waals surface area (Å²) >= 11 is 6.34. The van der Waals surface area contributed by atoms with Crippen LogP contribution in [0.25, 0.3) is 5.70 Å². The Morgan fingerprint density at radius 3 is 2.42 bits per heavy atom. The maximum Gasteiger partial charge on any atom is 0.404 e. The highest BCUT2D eigenvalue weighted by molar-refractivity contribution is 6.32. The lowest BCUT2D eigenvalue weighted by Crippen LogP contribution is -2.54. The predicted octanol–water partition coefficient (Wildman–Crippen LogP) is 8.14. The average molecular weight is 589 g/mol. The molecule has 0 aliphatic carbocycles. The number of nitrogens with zero attached hydrogens (tertiary/aromatic N) is 2. The lowest BCUT2D eigenvalue weighted by Gasteiger charge is -2.41. The number of unbranched alkanes of at least 4 members (excludes halogenated alkanes) is 1. The van der Waals surface area contributed by atoms with Gasteiger partial charge in [-0.3, -0.25) is 4.79 Å². The Morgan fingerprint density at radius 2 is 1.88 bits per heavy atom. The quantitative estimate of drug-likeness (QED) is 0.140. The van der Waals surface area contributed by atoms with E-state index in [9.17, 15) is 26.7 Å².